The molecule has 5 nitrogen and oxygen atoms in total. The Morgan fingerprint density at radius 1 is 1.35 bits per heavy atom. The summed E-state index contributed by atoms with van der Waals surface area (Å²) in [5, 5.41) is 8.84. The number of nitrogens with zero attached hydrogens (tertiary/aromatic N) is 1. The lowest BCUT2D eigenvalue weighted by Crippen LogP contribution is -2.44. The summed E-state index contributed by atoms with van der Waals surface area (Å²) >= 11 is 0. The smallest absolute Gasteiger partial charge is 0.371 e. The summed E-state index contributed by atoms with van der Waals surface area (Å²) in [7, 11) is 0. The van der Waals surface area contributed by atoms with Crippen molar-refractivity contribution >= 4 is 11.9 Å². The molecular weight excluding hydrogens is 258 g/mol. The predicted octanol–water partition coefficient (Wildman–Crippen LogP) is 3.02. The number of aromatic carboxylic acids is 1. The normalized spacial score (nSPS) is 19.4. The molecule has 1 aliphatic rings. The van der Waals surface area contributed by atoms with Gasteiger partial charge in [-0.15, -0.1) is 0 Å². The molecule has 1 aliphatic heterocycles. The lowest BCUT2D eigenvalue weighted by molar-refractivity contribution is 0.0544. The van der Waals surface area contributed by atoms with Gasteiger partial charge in [0.25, 0.3) is 5.91 Å². The molecule has 0 saturated carbocycles. The van der Waals surface area contributed by atoms with Gasteiger partial charge in [-0.05, 0) is 43.7 Å². The number of carboxylic acids is 1. The van der Waals surface area contributed by atoms with Crippen LogP contribution in [0.1, 0.15) is 60.6 Å². The molecule has 5 heteroatoms. The van der Waals surface area contributed by atoms with Gasteiger partial charge >= 0.3 is 5.97 Å². The number of carboxylic acid groups (broad SMARTS) is 1. The SMILES string of the molecule is CC(C)CC1CCCCN1C(=O)c1ccc(C(=O)O)o1. The van der Waals surface area contributed by atoms with Gasteiger partial charge in [0.05, 0.1) is 0 Å². The van der Waals surface area contributed by atoms with Crippen LogP contribution in [-0.4, -0.2) is 34.5 Å². The fourth-order valence-corrected chi connectivity index (χ4v) is 2.77. The van der Waals surface area contributed by atoms with Gasteiger partial charge in [-0.3, -0.25) is 4.79 Å². The molecule has 0 bridgehead atoms. The third-order valence-electron chi connectivity index (χ3n) is 3.66. The molecule has 110 valence electrons. The standard InChI is InChI=1S/C15H21NO4/c1-10(2)9-11-5-3-4-8-16(11)14(17)12-6-7-13(20-12)15(18)19/h6-7,10-11H,3-5,8-9H2,1-2H3,(H,18,19). The van der Waals surface area contributed by atoms with Gasteiger partial charge in [-0.2, -0.15) is 0 Å². The zero-order valence-corrected chi connectivity index (χ0v) is 12.0. The van der Waals surface area contributed by atoms with Gasteiger partial charge in [-0.1, -0.05) is 13.8 Å². The van der Waals surface area contributed by atoms with Crippen LogP contribution in [0, 0.1) is 5.92 Å². The maximum Gasteiger partial charge on any atom is 0.371 e. The average molecular weight is 279 g/mol. The molecule has 1 unspecified atom stereocenters. The lowest BCUT2D eigenvalue weighted by atomic mass is 9.94. The van der Waals surface area contributed by atoms with Crippen LogP contribution in [0.25, 0.3) is 0 Å². The third-order valence-corrected chi connectivity index (χ3v) is 3.66. The number of piperidine rings is 1. The highest BCUT2D eigenvalue weighted by Crippen LogP contribution is 2.25. The first-order valence-corrected chi connectivity index (χ1v) is 7.13. The Morgan fingerprint density at radius 2 is 2.05 bits per heavy atom. The number of carbonyl (C=O) groups is 2. The zero-order valence-electron chi connectivity index (χ0n) is 12.0. The summed E-state index contributed by atoms with van der Waals surface area (Å²) in [6.07, 6.45) is 4.11. The first-order valence-electron chi connectivity index (χ1n) is 7.13. The molecule has 0 aromatic carbocycles. The molecule has 1 saturated heterocycles. The summed E-state index contributed by atoms with van der Waals surface area (Å²) in [5.41, 5.74) is 0. The van der Waals surface area contributed by atoms with Crippen molar-refractivity contribution in [2.24, 2.45) is 5.92 Å². The minimum Gasteiger partial charge on any atom is -0.475 e. The Hall–Kier alpha value is -1.78. The summed E-state index contributed by atoms with van der Waals surface area (Å²) in [5.74, 6) is -0.882. The second-order valence-corrected chi connectivity index (χ2v) is 5.75. The molecule has 0 spiro atoms. The Morgan fingerprint density at radius 3 is 2.65 bits per heavy atom. The van der Waals surface area contributed by atoms with Crippen LogP contribution in [0.4, 0.5) is 0 Å². The van der Waals surface area contributed by atoms with Crippen molar-refractivity contribution in [3.63, 3.8) is 0 Å². The van der Waals surface area contributed by atoms with Crippen molar-refractivity contribution in [1.82, 2.24) is 4.90 Å². The molecule has 1 amide bonds. The van der Waals surface area contributed by atoms with Gasteiger partial charge in [0.2, 0.25) is 5.76 Å². The van der Waals surface area contributed by atoms with Crippen LogP contribution in [0.5, 0.6) is 0 Å². The zero-order chi connectivity index (χ0) is 14.7. The van der Waals surface area contributed by atoms with E-state index >= 15 is 0 Å². The third kappa shape index (κ3) is 3.21. The van der Waals surface area contributed by atoms with E-state index in [0.717, 1.165) is 32.2 Å². The van der Waals surface area contributed by atoms with Crippen molar-refractivity contribution in [1.29, 1.82) is 0 Å². The van der Waals surface area contributed by atoms with Crippen LogP contribution < -0.4 is 0 Å². The lowest BCUT2D eigenvalue weighted by Gasteiger charge is -2.36. The predicted molar refractivity (Wildman–Crippen MR) is 73.8 cm³/mol. The molecule has 1 atom stereocenters. The van der Waals surface area contributed by atoms with Crippen molar-refractivity contribution in [3.05, 3.63) is 23.7 Å². The van der Waals surface area contributed by atoms with E-state index in [0.29, 0.717) is 5.92 Å². The van der Waals surface area contributed by atoms with E-state index < -0.39 is 5.97 Å². The minimum atomic E-state index is -1.15. The van der Waals surface area contributed by atoms with Crippen molar-refractivity contribution in [2.45, 2.75) is 45.6 Å². The number of carbonyl (C=O) groups excluding carboxylic acids is 1. The quantitative estimate of drug-likeness (QED) is 0.919. The van der Waals surface area contributed by atoms with Crippen LogP contribution in [0.15, 0.2) is 16.5 Å². The number of amides is 1. The van der Waals surface area contributed by atoms with E-state index in [2.05, 4.69) is 13.8 Å². The van der Waals surface area contributed by atoms with Gasteiger partial charge in [-0.25, -0.2) is 4.79 Å². The largest absolute Gasteiger partial charge is 0.475 e. The number of rotatable bonds is 4. The number of hydrogen-bond acceptors (Lipinski definition) is 3. The van der Waals surface area contributed by atoms with Gasteiger partial charge in [0, 0.05) is 12.6 Å². The topological polar surface area (TPSA) is 70.8 Å². The summed E-state index contributed by atoms with van der Waals surface area (Å²) in [4.78, 5) is 25.1. The highest BCUT2D eigenvalue weighted by atomic mass is 16.4. The second kappa shape index (κ2) is 6.11. The average Bonchev–Trinajstić information content (AvgIpc) is 2.87. The Kier molecular flexibility index (Phi) is 4.47. The maximum absolute atomic E-state index is 12.5. The highest BCUT2D eigenvalue weighted by Gasteiger charge is 2.29. The van der Waals surface area contributed by atoms with Crippen molar-refractivity contribution in [3.8, 4) is 0 Å². The van der Waals surface area contributed by atoms with E-state index in [1.165, 1.54) is 12.1 Å². The fourth-order valence-electron chi connectivity index (χ4n) is 2.77. The molecule has 1 aromatic rings. The Balaban J connectivity index is 2.14. The van der Waals surface area contributed by atoms with Crippen LogP contribution in [-0.2, 0) is 0 Å². The number of furan rings is 1. The van der Waals surface area contributed by atoms with Crippen LogP contribution in [0.2, 0.25) is 0 Å². The summed E-state index contributed by atoms with van der Waals surface area (Å²) in [6.45, 7) is 5.01. The monoisotopic (exact) mass is 279 g/mol. The van der Waals surface area contributed by atoms with Gasteiger partial charge in [0.15, 0.2) is 5.76 Å². The molecule has 0 aliphatic carbocycles. The molecule has 1 fully saturated rings. The van der Waals surface area contributed by atoms with E-state index in [9.17, 15) is 9.59 Å². The molecular formula is C15H21NO4. The number of hydrogen-bond donors (Lipinski definition) is 1. The molecule has 0 radical (unpaired) electrons. The van der Waals surface area contributed by atoms with Gasteiger partial charge < -0.3 is 14.4 Å². The maximum atomic E-state index is 12.5. The minimum absolute atomic E-state index is 0.123. The van der Waals surface area contributed by atoms with Crippen LogP contribution in [0.3, 0.4) is 0 Å². The van der Waals surface area contributed by atoms with E-state index in [1.54, 1.807) is 0 Å². The summed E-state index contributed by atoms with van der Waals surface area (Å²) < 4.78 is 5.12. The second-order valence-electron chi connectivity index (χ2n) is 5.75. The first kappa shape index (κ1) is 14.6. The van der Waals surface area contributed by atoms with Crippen LogP contribution >= 0.6 is 0 Å². The highest BCUT2D eigenvalue weighted by molar-refractivity contribution is 5.93. The molecule has 2 heterocycles. The first-order chi connectivity index (χ1) is 9.49. The Bertz CT molecular complexity index is 492. The van der Waals surface area contributed by atoms with Gasteiger partial charge in [0.1, 0.15) is 0 Å². The van der Waals surface area contributed by atoms with Crippen molar-refractivity contribution in [2.75, 3.05) is 6.54 Å². The fraction of sp³-hybridized carbons (Fsp3) is 0.600. The molecule has 1 N–H and O–H groups in total. The molecule has 20 heavy (non-hydrogen) atoms. The van der Waals surface area contributed by atoms with E-state index in [-0.39, 0.29) is 23.5 Å². The molecule has 1 aromatic heterocycles. The van der Waals surface area contributed by atoms with E-state index in [1.807, 2.05) is 4.90 Å². The number of likely N-dealkylation sites (tertiary alicyclic amines) is 1. The molecule has 2 rings (SSSR count). The summed E-state index contributed by atoms with van der Waals surface area (Å²) in [6, 6.07) is 3.01. The Labute approximate surface area is 118 Å². The van der Waals surface area contributed by atoms with Crippen molar-refractivity contribution < 1.29 is 19.1 Å². The van der Waals surface area contributed by atoms with E-state index in [4.69, 9.17) is 9.52 Å².